The summed E-state index contributed by atoms with van der Waals surface area (Å²) in [4.78, 5) is 12.6. The predicted octanol–water partition coefficient (Wildman–Crippen LogP) is 2.27. The smallest absolute Gasteiger partial charge is 0.410 e. The quantitative estimate of drug-likeness (QED) is 0.754. The van der Waals surface area contributed by atoms with Crippen LogP contribution in [0.25, 0.3) is 10.8 Å². The Bertz CT molecular complexity index is 609. The number of ether oxygens (including phenoxy) is 1. The van der Waals surface area contributed by atoms with Crippen molar-refractivity contribution >= 4 is 16.9 Å². The third-order valence-corrected chi connectivity index (χ3v) is 3.04. The molecule has 1 amide bonds. The number of hydrogen-bond acceptors (Lipinski definition) is 3. The van der Waals surface area contributed by atoms with Gasteiger partial charge in [0.1, 0.15) is 5.75 Å². The fourth-order valence-corrected chi connectivity index (χ4v) is 2.09. The number of nitrogens with zero attached hydrogens (tertiary/aromatic N) is 1. The Morgan fingerprint density at radius 1 is 1.24 bits per heavy atom. The van der Waals surface area contributed by atoms with E-state index in [9.17, 15) is 9.90 Å². The molecule has 4 nitrogen and oxygen atoms in total. The maximum Gasteiger partial charge on any atom is 0.417 e. The van der Waals surface area contributed by atoms with Crippen molar-refractivity contribution in [3.05, 3.63) is 42.0 Å². The summed E-state index contributed by atoms with van der Waals surface area (Å²) < 4.78 is 5.15. The SMILES string of the molecule is CN1C(=O)Oc2ccc3ccccc3c2[C@@H]1O. The van der Waals surface area contributed by atoms with Crippen molar-refractivity contribution in [2.45, 2.75) is 6.23 Å². The van der Waals surface area contributed by atoms with Gasteiger partial charge in [-0.25, -0.2) is 4.79 Å². The van der Waals surface area contributed by atoms with Gasteiger partial charge in [-0.05, 0) is 16.8 Å². The van der Waals surface area contributed by atoms with E-state index in [1.807, 2.05) is 30.3 Å². The van der Waals surface area contributed by atoms with Crippen LogP contribution < -0.4 is 4.74 Å². The average molecular weight is 229 g/mol. The number of hydrogen-bond donors (Lipinski definition) is 1. The molecule has 0 fully saturated rings. The lowest BCUT2D eigenvalue weighted by atomic mass is 10.0. The molecule has 86 valence electrons. The number of carbonyl (C=O) groups is 1. The van der Waals surface area contributed by atoms with Crippen molar-refractivity contribution in [3.63, 3.8) is 0 Å². The van der Waals surface area contributed by atoms with Crippen LogP contribution in [-0.2, 0) is 0 Å². The lowest BCUT2D eigenvalue weighted by molar-refractivity contribution is 0.0160. The molecule has 0 saturated carbocycles. The van der Waals surface area contributed by atoms with Crippen molar-refractivity contribution in [1.29, 1.82) is 0 Å². The summed E-state index contributed by atoms with van der Waals surface area (Å²) in [6, 6.07) is 11.3. The van der Waals surface area contributed by atoms with Gasteiger partial charge in [0, 0.05) is 7.05 Å². The molecule has 2 aromatic rings. The fourth-order valence-electron chi connectivity index (χ4n) is 2.09. The Morgan fingerprint density at radius 3 is 2.82 bits per heavy atom. The van der Waals surface area contributed by atoms with Crippen LogP contribution in [0.3, 0.4) is 0 Å². The fraction of sp³-hybridized carbons (Fsp3) is 0.154. The zero-order chi connectivity index (χ0) is 12.0. The summed E-state index contributed by atoms with van der Waals surface area (Å²) in [5.41, 5.74) is 0.644. The van der Waals surface area contributed by atoms with Crippen molar-refractivity contribution in [1.82, 2.24) is 4.90 Å². The third-order valence-electron chi connectivity index (χ3n) is 3.04. The minimum atomic E-state index is -0.961. The van der Waals surface area contributed by atoms with Crippen LogP contribution in [0.1, 0.15) is 11.8 Å². The van der Waals surface area contributed by atoms with Crippen molar-refractivity contribution in [2.24, 2.45) is 0 Å². The second kappa shape index (κ2) is 3.46. The van der Waals surface area contributed by atoms with Gasteiger partial charge in [0.05, 0.1) is 5.56 Å². The normalized spacial score (nSPS) is 19.1. The van der Waals surface area contributed by atoms with E-state index in [0.717, 1.165) is 10.8 Å². The van der Waals surface area contributed by atoms with E-state index >= 15 is 0 Å². The zero-order valence-electron chi connectivity index (χ0n) is 9.25. The first kappa shape index (κ1) is 10.1. The molecule has 0 aliphatic carbocycles. The van der Waals surface area contributed by atoms with Crippen LogP contribution in [0, 0.1) is 0 Å². The number of amides is 1. The van der Waals surface area contributed by atoms with Gasteiger partial charge in [-0.1, -0.05) is 30.3 Å². The number of fused-ring (bicyclic) bond motifs is 3. The molecule has 0 spiro atoms. The highest BCUT2D eigenvalue weighted by Crippen LogP contribution is 2.37. The van der Waals surface area contributed by atoms with E-state index in [0.29, 0.717) is 11.3 Å². The van der Waals surface area contributed by atoms with Crippen molar-refractivity contribution < 1.29 is 14.6 Å². The molecular formula is C13H11NO3. The lowest BCUT2D eigenvalue weighted by Gasteiger charge is -2.30. The first-order valence-electron chi connectivity index (χ1n) is 5.33. The van der Waals surface area contributed by atoms with Gasteiger partial charge >= 0.3 is 6.09 Å². The van der Waals surface area contributed by atoms with E-state index in [1.54, 1.807) is 6.07 Å². The molecule has 1 heterocycles. The largest absolute Gasteiger partial charge is 0.417 e. The van der Waals surface area contributed by atoms with E-state index < -0.39 is 12.3 Å². The average Bonchev–Trinajstić information content (AvgIpc) is 2.35. The van der Waals surface area contributed by atoms with E-state index in [-0.39, 0.29) is 0 Å². The topological polar surface area (TPSA) is 49.8 Å². The van der Waals surface area contributed by atoms with E-state index in [1.165, 1.54) is 11.9 Å². The second-order valence-electron chi connectivity index (χ2n) is 4.05. The summed E-state index contributed by atoms with van der Waals surface area (Å²) >= 11 is 0. The molecule has 1 N–H and O–H groups in total. The van der Waals surface area contributed by atoms with Gasteiger partial charge in [0.15, 0.2) is 6.23 Å². The molecule has 0 aromatic heterocycles. The molecule has 0 radical (unpaired) electrons. The Balaban J connectivity index is 2.32. The standard InChI is InChI=1S/C13H11NO3/c1-14-12(15)11-9-5-3-2-4-8(9)6-7-10(11)17-13(14)16/h2-7,12,15H,1H3/t12-/m0/s1. The molecule has 0 saturated heterocycles. The van der Waals surface area contributed by atoms with Gasteiger partial charge < -0.3 is 9.84 Å². The highest BCUT2D eigenvalue weighted by atomic mass is 16.6. The first-order valence-corrected chi connectivity index (χ1v) is 5.33. The summed E-state index contributed by atoms with van der Waals surface area (Å²) in [7, 11) is 1.51. The van der Waals surface area contributed by atoms with Gasteiger partial charge in [0.25, 0.3) is 0 Å². The zero-order valence-corrected chi connectivity index (χ0v) is 9.25. The van der Waals surface area contributed by atoms with Crippen molar-refractivity contribution in [3.8, 4) is 5.75 Å². The molecular weight excluding hydrogens is 218 g/mol. The van der Waals surface area contributed by atoms with Crippen molar-refractivity contribution in [2.75, 3.05) is 7.05 Å². The predicted molar refractivity (Wildman–Crippen MR) is 62.7 cm³/mol. The molecule has 17 heavy (non-hydrogen) atoms. The molecule has 1 atom stereocenters. The van der Waals surface area contributed by atoms with Crippen LogP contribution >= 0.6 is 0 Å². The van der Waals surface area contributed by atoms with E-state index in [4.69, 9.17) is 4.74 Å². The minimum Gasteiger partial charge on any atom is -0.410 e. The molecule has 3 rings (SSSR count). The van der Waals surface area contributed by atoms with Crippen LogP contribution in [0.5, 0.6) is 5.75 Å². The van der Waals surface area contributed by atoms with Crippen LogP contribution in [0.2, 0.25) is 0 Å². The molecule has 1 aliphatic heterocycles. The summed E-state index contributed by atoms with van der Waals surface area (Å²) in [5.74, 6) is 0.430. The Hall–Kier alpha value is -2.07. The number of benzene rings is 2. The Morgan fingerprint density at radius 2 is 2.00 bits per heavy atom. The van der Waals surface area contributed by atoms with Gasteiger partial charge in [-0.2, -0.15) is 0 Å². The van der Waals surface area contributed by atoms with Gasteiger partial charge in [0.2, 0.25) is 0 Å². The van der Waals surface area contributed by atoms with Gasteiger partial charge in [-0.3, -0.25) is 4.90 Å². The maximum absolute atomic E-state index is 11.4. The number of rotatable bonds is 0. The third kappa shape index (κ3) is 1.38. The van der Waals surface area contributed by atoms with Crippen LogP contribution in [0.15, 0.2) is 36.4 Å². The van der Waals surface area contributed by atoms with Gasteiger partial charge in [-0.15, -0.1) is 0 Å². The monoisotopic (exact) mass is 229 g/mol. The summed E-state index contributed by atoms with van der Waals surface area (Å²) in [6.07, 6.45) is -1.50. The Kier molecular flexibility index (Phi) is 2.06. The second-order valence-corrected chi connectivity index (χ2v) is 4.05. The first-order chi connectivity index (χ1) is 8.18. The van der Waals surface area contributed by atoms with Crippen LogP contribution in [-0.4, -0.2) is 23.1 Å². The highest BCUT2D eigenvalue weighted by Gasteiger charge is 2.31. The summed E-state index contributed by atoms with van der Waals surface area (Å²) in [5, 5.41) is 12.0. The molecule has 4 heteroatoms. The Labute approximate surface area is 98.0 Å². The molecule has 0 bridgehead atoms. The summed E-state index contributed by atoms with van der Waals surface area (Å²) in [6.45, 7) is 0. The lowest BCUT2D eigenvalue weighted by Crippen LogP contribution is -2.37. The minimum absolute atomic E-state index is 0.430. The van der Waals surface area contributed by atoms with E-state index in [2.05, 4.69) is 0 Å². The number of aliphatic hydroxyl groups excluding tert-OH is 1. The number of aliphatic hydroxyl groups is 1. The van der Waals surface area contributed by atoms with Crippen LogP contribution in [0.4, 0.5) is 4.79 Å². The highest BCUT2D eigenvalue weighted by molar-refractivity contribution is 5.90. The maximum atomic E-state index is 11.4. The molecule has 0 unspecified atom stereocenters. The number of carbonyl (C=O) groups excluding carboxylic acids is 1. The molecule has 2 aromatic carbocycles. The molecule has 1 aliphatic rings.